The number of fused-ring (bicyclic) bond motifs is 1. The minimum Gasteiger partial charge on any atom is -0.379 e. The molecule has 0 saturated heterocycles. The van der Waals surface area contributed by atoms with Gasteiger partial charge >= 0.3 is 0 Å². The van der Waals surface area contributed by atoms with Crippen LogP contribution in [0.1, 0.15) is 21.0 Å². The van der Waals surface area contributed by atoms with Crippen LogP contribution in [-0.4, -0.2) is 17.1 Å². The molecule has 3 heterocycles. The van der Waals surface area contributed by atoms with Crippen LogP contribution in [0.5, 0.6) is 0 Å². The molecule has 0 aromatic carbocycles. The van der Waals surface area contributed by atoms with Gasteiger partial charge in [0.25, 0.3) is 0 Å². The SMILES string of the molecule is COCc1ccc(C#Cc2cc3cc(C)cnc3[nH]2)s1. The third kappa shape index (κ3) is 2.74. The fourth-order valence-electron chi connectivity index (χ4n) is 1.99. The Morgan fingerprint density at radius 1 is 1.30 bits per heavy atom. The van der Waals surface area contributed by atoms with Crippen molar-refractivity contribution in [3.05, 3.63) is 51.5 Å². The van der Waals surface area contributed by atoms with E-state index in [2.05, 4.69) is 27.9 Å². The summed E-state index contributed by atoms with van der Waals surface area (Å²) in [6.07, 6.45) is 1.85. The van der Waals surface area contributed by atoms with Gasteiger partial charge in [0.1, 0.15) is 5.65 Å². The standard InChI is InChI=1S/C16H14N2OS/c1-11-7-12-8-13(18-16(12)17-9-11)3-4-14-5-6-15(20-14)10-19-2/h5-9H,10H2,1-2H3,(H,17,18). The molecule has 3 aromatic rings. The summed E-state index contributed by atoms with van der Waals surface area (Å²) in [6.45, 7) is 2.68. The van der Waals surface area contributed by atoms with Crippen LogP contribution in [0.15, 0.2) is 30.5 Å². The van der Waals surface area contributed by atoms with Crippen molar-refractivity contribution < 1.29 is 4.74 Å². The monoisotopic (exact) mass is 282 g/mol. The van der Waals surface area contributed by atoms with Gasteiger partial charge in [-0.2, -0.15) is 0 Å². The lowest BCUT2D eigenvalue weighted by Crippen LogP contribution is -1.79. The molecule has 0 saturated carbocycles. The zero-order valence-corrected chi connectivity index (χ0v) is 12.2. The Hall–Kier alpha value is -2.09. The molecule has 0 fully saturated rings. The van der Waals surface area contributed by atoms with Gasteiger partial charge in [0, 0.05) is 23.6 Å². The van der Waals surface area contributed by atoms with Crippen LogP contribution in [0, 0.1) is 18.8 Å². The second kappa shape index (κ2) is 5.49. The lowest BCUT2D eigenvalue weighted by molar-refractivity contribution is 0.187. The number of H-pyrrole nitrogens is 1. The maximum Gasteiger partial charge on any atom is 0.138 e. The van der Waals surface area contributed by atoms with Gasteiger partial charge in [-0.3, -0.25) is 0 Å². The van der Waals surface area contributed by atoms with E-state index in [1.165, 1.54) is 4.88 Å². The maximum absolute atomic E-state index is 5.10. The fraction of sp³-hybridized carbons (Fsp3) is 0.188. The number of aromatic nitrogens is 2. The van der Waals surface area contributed by atoms with Crippen molar-refractivity contribution in [1.82, 2.24) is 9.97 Å². The number of nitrogens with one attached hydrogen (secondary N) is 1. The smallest absolute Gasteiger partial charge is 0.138 e. The number of methoxy groups -OCH3 is 1. The van der Waals surface area contributed by atoms with Crippen LogP contribution in [-0.2, 0) is 11.3 Å². The molecule has 0 bridgehead atoms. The molecule has 0 aliphatic rings. The summed E-state index contributed by atoms with van der Waals surface area (Å²) in [7, 11) is 1.70. The van der Waals surface area contributed by atoms with E-state index in [9.17, 15) is 0 Å². The molecule has 0 radical (unpaired) electrons. The Morgan fingerprint density at radius 3 is 3.05 bits per heavy atom. The first-order valence-electron chi connectivity index (χ1n) is 6.29. The molecule has 100 valence electrons. The van der Waals surface area contributed by atoms with Crippen molar-refractivity contribution in [3.63, 3.8) is 0 Å². The summed E-state index contributed by atoms with van der Waals surface area (Å²) in [5.41, 5.74) is 2.92. The number of thiophene rings is 1. The molecule has 20 heavy (non-hydrogen) atoms. The Labute approximate surface area is 121 Å². The first-order valence-corrected chi connectivity index (χ1v) is 7.11. The van der Waals surface area contributed by atoms with Gasteiger partial charge in [-0.15, -0.1) is 11.3 Å². The molecule has 4 heteroatoms. The van der Waals surface area contributed by atoms with Crippen LogP contribution in [0.3, 0.4) is 0 Å². The minimum absolute atomic E-state index is 0.641. The number of aryl methyl sites for hydroxylation is 1. The lowest BCUT2D eigenvalue weighted by atomic mass is 10.2. The molecule has 3 aromatic heterocycles. The van der Waals surface area contributed by atoms with Crippen molar-refractivity contribution >= 4 is 22.4 Å². The normalized spacial score (nSPS) is 10.5. The largest absolute Gasteiger partial charge is 0.379 e. The quantitative estimate of drug-likeness (QED) is 0.731. The van der Waals surface area contributed by atoms with E-state index in [-0.39, 0.29) is 0 Å². The molecule has 3 rings (SSSR count). The molecular weight excluding hydrogens is 268 g/mol. The van der Waals surface area contributed by atoms with Crippen LogP contribution in [0.25, 0.3) is 11.0 Å². The summed E-state index contributed by atoms with van der Waals surface area (Å²) in [6, 6.07) is 8.21. The van der Waals surface area contributed by atoms with Crippen LogP contribution >= 0.6 is 11.3 Å². The average molecular weight is 282 g/mol. The highest BCUT2D eigenvalue weighted by molar-refractivity contribution is 7.12. The van der Waals surface area contributed by atoms with E-state index in [4.69, 9.17) is 4.74 Å². The molecular formula is C16H14N2OS. The second-order valence-electron chi connectivity index (χ2n) is 4.58. The number of pyridine rings is 1. The van der Waals surface area contributed by atoms with Crippen LogP contribution in [0.4, 0.5) is 0 Å². The predicted octanol–water partition coefficient (Wildman–Crippen LogP) is 3.48. The third-order valence-corrected chi connectivity index (χ3v) is 3.85. The van der Waals surface area contributed by atoms with Crippen molar-refractivity contribution in [2.45, 2.75) is 13.5 Å². The highest BCUT2D eigenvalue weighted by atomic mass is 32.1. The first kappa shape index (κ1) is 12.9. The molecule has 0 aliphatic carbocycles. The van der Waals surface area contributed by atoms with E-state index in [0.29, 0.717) is 6.61 Å². The highest BCUT2D eigenvalue weighted by Crippen LogP contribution is 2.17. The topological polar surface area (TPSA) is 37.9 Å². The Balaban J connectivity index is 1.87. The molecule has 3 nitrogen and oxygen atoms in total. The number of ether oxygens (including phenoxy) is 1. The van der Waals surface area contributed by atoms with Gasteiger partial charge in [0.05, 0.1) is 17.2 Å². The van der Waals surface area contributed by atoms with Crippen molar-refractivity contribution in [2.75, 3.05) is 7.11 Å². The molecule has 0 unspecified atom stereocenters. The maximum atomic E-state index is 5.10. The van der Waals surface area contributed by atoms with Gasteiger partial charge in [-0.1, -0.05) is 0 Å². The zero-order chi connectivity index (χ0) is 13.9. The van der Waals surface area contributed by atoms with Crippen LogP contribution < -0.4 is 0 Å². The van der Waals surface area contributed by atoms with Gasteiger partial charge in [0.2, 0.25) is 0 Å². The summed E-state index contributed by atoms with van der Waals surface area (Å²) < 4.78 is 5.10. The number of aromatic amines is 1. The Bertz CT molecular complexity index is 805. The lowest BCUT2D eigenvalue weighted by Gasteiger charge is -1.89. The summed E-state index contributed by atoms with van der Waals surface area (Å²) >= 11 is 1.66. The minimum atomic E-state index is 0.641. The van der Waals surface area contributed by atoms with E-state index in [1.54, 1.807) is 18.4 Å². The summed E-state index contributed by atoms with van der Waals surface area (Å²) in [5, 5.41) is 1.10. The number of hydrogen-bond donors (Lipinski definition) is 1. The summed E-state index contributed by atoms with van der Waals surface area (Å²) in [4.78, 5) is 9.80. The zero-order valence-electron chi connectivity index (χ0n) is 11.4. The van der Waals surface area contributed by atoms with Crippen LogP contribution in [0.2, 0.25) is 0 Å². The van der Waals surface area contributed by atoms with E-state index in [0.717, 1.165) is 27.2 Å². The molecule has 0 spiro atoms. The van der Waals surface area contributed by atoms with Gasteiger partial charge in [-0.05, 0) is 48.6 Å². The van der Waals surface area contributed by atoms with E-state index >= 15 is 0 Å². The first-order chi connectivity index (χ1) is 9.74. The molecule has 0 amide bonds. The molecule has 0 aliphatic heterocycles. The van der Waals surface area contributed by atoms with Crippen molar-refractivity contribution in [3.8, 4) is 11.8 Å². The summed E-state index contributed by atoms with van der Waals surface area (Å²) in [5.74, 6) is 6.32. The second-order valence-corrected chi connectivity index (χ2v) is 5.75. The van der Waals surface area contributed by atoms with Gasteiger partial charge < -0.3 is 9.72 Å². The average Bonchev–Trinajstić information content (AvgIpc) is 3.02. The van der Waals surface area contributed by atoms with Crippen molar-refractivity contribution in [1.29, 1.82) is 0 Å². The van der Waals surface area contributed by atoms with E-state index < -0.39 is 0 Å². The third-order valence-electron chi connectivity index (χ3n) is 2.88. The van der Waals surface area contributed by atoms with Crippen molar-refractivity contribution in [2.24, 2.45) is 0 Å². The van der Waals surface area contributed by atoms with Gasteiger partial charge in [-0.25, -0.2) is 4.98 Å². The van der Waals surface area contributed by atoms with E-state index in [1.807, 2.05) is 31.3 Å². The van der Waals surface area contributed by atoms with Gasteiger partial charge in [0.15, 0.2) is 0 Å². The number of hydrogen-bond acceptors (Lipinski definition) is 3. The predicted molar refractivity (Wildman–Crippen MR) is 81.8 cm³/mol. The fourth-order valence-corrected chi connectivity index (χ4v) is 2.82. The number of rotatable bonds is 2. The highest BCUT2D eigenvalue weighted by Gasteiger charge is 2.00. The Morgan fingerprint density at radius 2 is 2.20 bits per heavy atom. The molecule has 1 N–H and O–H groups in total. The Kier molecular flexibility index (Phi) is 3.55. The number of nitrogens with zero attached hydrogens (tertiary/aromatic N) is 1. The molecule has 0 atom stereocenters.